The number of hydrogen-bond acceptors (Lipinski definition) is 4. The summed E-state index contributed by atoms with van der Waals surface area (Å²) in [5.74, 6) is 0.562. The number of nitrogens with zero attached hydrogens (tertiary/aromatic N) is 4. The lowest BCUT2D eigenvalue weighted by Crippen LogP contribution is -2.22. The zero-order chi connectivity index (χ0) is 21.6. The normalized spacial score (nSPS) is 14.3. The lowest BCUT2D eigenvalue weighted by molar-refractivity contribution is -0.137. The average Bonchev–Trinajstić information content (AvgIpc) is 3.47. The molecule has 4 rings (SSSR count). The molecular weight excluding hydrogens is 467 g/mol. The topological polar surface area (TPSA) is 81.3 Å². The number of carbonyl (C=O) groups is 1. The van der Waals surface area contributed by atoms with Gasteiger partial charge in [-0.15, -0.1) is 5.10 Å². The zero-order valence-corrected chi connectivity index (χ0v) is 17.4. The molecule has 0 atom stereocenters. The number of nitrogens with one attached hydrogen (secondary N) is 1. The Morgan fingerprint density at radius 3 is 2.50 bits per heavy atom. The Kier molecular flexibility index (Phi) is 5.16. The molecule has 1 fully saturated rings. The largest absolute Gasteiger partial charge is 0.416 e. The molecule has 0 spiro atoms. The smallest absolute Gasteiger partial charge is 0.325 e. The van der Waals surface area contributed by atoms with E-state index in [-0.39, 0.29) is 29.5 Å². The molecular formula is C19H17BrF3N5O2. The van der Waals surface area contributed by atoms with E-state index >= 15 is 0 Å². The highest BCUT2D eigenvalue weighted by atomic mass is 79.9. The minimum Gasteiger partial charge on any atom is -0.325 e. The van der Waals surface area contributed by atoms with Crippen molar-refractivity contribution in [2.75, 3.05) is 5.32 Å². The van der Waals surface area contributed by atoms with Crippen LogP contribution >= 0.6 is 15.9 Å². The molecule has 0 radical (unpaired) electrons. The van der Waals surface area contributed by atoms with Crippen molar-refractivity contribution in [3.63, 3.8) is 0 Å². The van der Waals surface area contributed by atoms with Crippen molar-refractivity contribution in [2.45, 2.75) is 44.8 Å². The van der Waals surface area contributed by atoms with Crippen molar-refractivity contribution in [1.29, 1.82) is 0 Å². The number of hydrogen-bond donors (Lipinski definition) is 1. The van der Waals surface area contributed by atoms with Gasteiger partial charge >= 0.3 is 6.18 Å². The molecule has 1 aliphatic rings. The summed E-state index contributed by atoms with van der Waals surface area (Å²) in [6.07, 6.45) is -2.11. The fraction of sp³-hybridized carbons (Fsp3) is 0.368. The number of anilines is 1. The van der Waals surface area contributed by atoms with E-state index in [1.807, 2.05) is 6.92 Å². The van der Waals surface area contributed by atoms with Gasteiger partial charge in [-0.3, -0.25) is 14.2 Å². The van der Waals surface area contributed by atoms with Gasteiger partial charge in [0, 0.05) is 11.6 Å². The Morgan fingerprint density at radius 1 is 1.27 bits per heavy atom. The van der Waals surface area contributed by atoms with E-state index in [0.717, 1.165) is 25.0 Å². The molecule has 0 aliphatic heterocycles. The third-order valence-corrected chi connectivity index (χ3v) is 5.65. The van der Waals surface area contributed by atoms with E-state index in [2.05, 4.69) is 31.3 Å². The molecule has 2 aromatic heterocycles. The van der Waals surface area contributed by atoms with E-state index < -0.39 is 17.6 Å². The van der Waals surface area contributed by atoms with Crippen molar-refractivity contribution in [1.82, 2.24) is 19.2 Å². The van der Waals surface area contributed by atoms with Crippen LogP contribution in [0, 0.1) is 0 Å². The monoisotopic (exact) mass is 483 g/mol. The third-order valence-electron chi connectivity index (χ3n) is 4.85. The van der Waals surface area contributed by atoms with Gasteiger partial charge in [0.1, 0.15) is 16.8 Å². The van der Waals surface area contributed by atoms with Crippen LogP contribution in [-0.4, -0.2) is 25.1 Å². The van der Waals surface area contributed by atoms with Crippen LogP contribution in [-0.2, 0) is 23.9 Å². The van der Waals surface area contributed by atoms with Gasteiger partial charge in [-0.2, -0.15) is 17.7 Å². The Bertz CT molecular complexity index is 1180. The average molecular weight is 484 g/mol. The predicted molar refractivity (Wildman–Crippen MR) is 106 cm³/mol. The Balaban J connectivity index is 1.64. The minimum absolute atomic E-state index is 0.147. The molecule has 0 bridgehead atoms. The molecule has 11 heteroatoms. The van der Waals surface area contributed by atoms with Gasteiger partial charge in [0.05, 0.1) is 11.3 Å². The molecule has 1 amide bonds. The van der Waals surface area contributed by atoms with E-state index in [9.17, 15) is 22.8 Å². The first-order chi connectivity index (χ1) is 14.2. The quantitative estimate of drug-likeness (QED) is 0.599. The second kappa shape index (κ2) is 7.53. The van der Waals surface area contributed by atoms with Gasteiger partial charge < -0.3 is 5.32 Å². The maximum absolute atomic E-state index is 12.7. The maximum atomic E-state index is 12.7. The van der Waals surface area contributed by atoms with Crippen molar-refractivity contribution in [3.05, 3.63) is 56.2 Å². The molecule has 2 heterocycles. The lowest BCUT2D eigenvalue weighted by atomic mass is 10.2. The maximum Gasteiger partial charge on any atom is 0.416 e. The van der Waals surface area contributed by atoms with E-state index in [4.69, 9.17) is 0 Å². The summed E-state index contributed by atoms with van der Waals surface area (Å²) in [6, 6.07) is 4.21. The summed E-state index contributed by atoms with van der Waals surface area (Å²) in [5, 5.41) is 6.96. The molecule has 7 nitrogen and oxygen atoms in total. The number of carbonyl (C=O) groups excluding carboxylic acids is 1. The highest BCUT2D eigenvalue weighted by molar-refractivity contribution is 9.10. The van der Waals surface area contributed by atoms with Crippen LogP contribution in [0.4, 0.5) is 18.9 Å². The zero-order valence-electron chi connectivity index (χ0n) is 15.8. The van der Waals surface area contributed by atoms with Crippen LogP contribution in [0.5, 0.6) is 0 Å². The first-order valence-corrected chi connectivity index (χ1v) is 10.1. The second-order valence-electron chi connectivity index (χ2n) is 7.08. The molecule has 1 saturated carbocycles. The number of benzene rings is 1. The van der Waals surface area contributed by atoms with Crippen molar-refractivity contribution in [3.8, 4) is 0 Å². The number of fused-ring (bicyclic) bond motifs is 1. The summed E-state index contributed by atoms with van der Waals surface area (Å²) >= 11 is 3.26. The predicted octanol–water partition coefficient (Wildman–Crippen LogP) is 3.75. The first kappa shape index (κ1) is 20.6. The van der Waals surface area contributed by atoms with Crippen molar-refractivity contribution >= 4 is 33.3 Å². The Morgan fingerprint density at radius 2 is 1.93 bits per heavy atom. The Hall–Kier alpha value is -2.69. The molecule has 30 heavy (non-hydrogen) atoms. The number of aromatic nitrogens is 4. The van der Waals surface area contributed by atoms with Gasteiger partial charge in [0.25, 0.3) is 5.56 Å². The van der Waals surface area contributed by atoms with Gasteiger partial charge in [0.15, 0.2) is 0 Å². The highest BCUT2D eigenvalue weighted by Crippen LogP contribution is 2.39. The summed E-state index contributed by atoms with van der Waals surface area (Å²) in [4.78, 5) is 29.7. The van der Waals surface area contributed by atoms with Crippen molar-refractivity contribution < 1.29 is 18.0 Å². The summed E-state index contributed by atoms with van der Waals surface area (Å²) in [6.45, 7) is 1.70. The lowest BCUT2D eigenvalue weighted by Gasteiger charge is -2.10. The first-order valence-electron chi connectivity index (χ1n) is 9.34. The van der Waals surface area contributed by atoms with E-state index in [1.165, 1.54) is 16.6 Å². The summed E-state index contributed by atoms with van der Waals surface area (Å²) in [7, 11) is 0. The highest BCUT2D eigenvalue weighted by Gasteiger charge is 2.32. The number of rotatable bonds is 5. The van der Waals surface area contributed by atoms with Crippen LogP contribution < -0.4 is 10.9 Å². The van der Waals surface area contributed by atoms with Gasteiger partial charge in [0.2, 0.25) is 11.7 Å². The molecule has 0 unspecified atom stereocenters. The van der Waals surface area contributed by atoms with Gasteiger partial charge in [-0.05, 0) is 59.5 Å². The second-order valence-corrected chi connectivity index (χ2v) is 7.88. The van der Waals surface area contributed by atoms with Crippen LogP contribution in [0.1, 0.15) is 42.8 Å². The molecule has 0 saturated heterocycles. The summed E-state index contributed by atoms with van der Waals surface area (Å²) < 4.78 is 41.2. The van der Waals surface area contributed by atoms with Crippen molar-refractivity contribution in [2.24, 2.45) is 0 Å². The van der Waals surface area contributed by atoms with Gasteiger partial charge in [-0.1, -0.05) is 6.92 Å². The van der Waals surface area contributed by atoms with Gasteiger partial charge in [-0.25, -0.2) is 4.98 Å². The van der Waals surface area contributed by atoms with Crippen LogP contribution in [0.3, 0.4) is 0 Å². The fourth-order valence-electron chi connectivity index (χ4n) is 3.16. The minimum atomic E-state index is -4.44. The van der Waals surface area contributed by atoms with Crippen LogP contribution in [0.2, 0.25) is 0 Å². The fourth-order valence-corrected chi connectivity index (χ4v) is 3.70. The number of alkyl halides is 3. The number of halogens is 4. The SMILES string of the molecule is CCc1nc2n(CC(=O)Nc3ccc(C(F)(F)F)cc3)c(C3CC3)nn2c(=O)c1Br. The van der Waals surface area contributed by atoms with E-state index in [1.54, 1.807) is 4.57 Å². The standard InChI is InChI=1S/C19H17BrF3N5O2/c1-2-13-15(20)17(30)28-18(25-13)27(16(26-28)10-3-4-10)9-14(29)24-12-7-5-11(6-8-12)19(21,22)23/h5-8,10H,2-4,9H2,1H3,(H,24,29). The van der Waals surface area contributed by atoms with E-state index in [0.29, 0.717) is 22.4 Å². The van der Waals surface area contributed by atoms with Crippen LogP contribution in [0.15, 0.2) is 33.5 Å². The third kappa shape index (κ3) is 3.85. The Labute approximate surface area is 177 Å². The summed E-state index contributed by atoms with van der Waals surface area (Å²) in [5.41, 5.74) is -0.335. The number of amides is 1. The van der Waals surface area contributed by atoms with Crippen LogP contribution in [0.25, 0.3) is 5.78 Å². The molecule has 3 aromatic rings. The molecule has 1 aliphatic carbocycles. The molecule has 158 valence electrons. The molecule has 1 N–H and O–H groups in total. The molecule has 1 aromatic carbocycles. The number of aryl methyl sites for hydroxylation is 1.